The Labute approximate surface area is 419 Å². The van der Waals surface area contributed by atoms with Crippen LogP contribution < -0.4 is 21.1 Å². The number of nitrogens with one attached hydrogen (secondary N) is 2. The molecule has 8 heterocycles. The number of piperidine rings is 2. The fraction of sp³-hybridized carbons (Fsp3) is 0.464. The standard InChI is InChI=1S/C56H65FN10O5/c1-34-26-40(28-44(57)51(34)39-13-21-63(22-14-39)36(3)48-30-42-45(10-18-59-52(42)61(48)5)66-23-15-41(58-4)29-50(66)69)54(71)64-19-11-37(12-20-64)33-65-25-24-62(31-35(65)2)32-38-6-7-46-43(27-38)56(16-17-56)55(72)67(46)47-8-9-49(68)60-53(47)70/h6-7,10,13,15,18,23,26-30,35-37,47,58H,8-9,11-12,14,16-17,19-22,24-25,31-33H2,1-5H3,(H,60,68,70)/t35-,36-,47?/m0/s1. The van der Waals surface area contributed by atoms with Crippen molar-refractivity contribution in [2.75, 3.05) is 69.6 Å². The molecule has 11 rings (SSSR count). The number of imide groups is 1. The second-order valence-electron chi connectivity index (χ2n) is 21.3. The molecule has 4 amide bonds. The second-order valence-corrected chi connectivity index (χ2v) is 21.3. The molecule has 3 atom stereocenters. The highest BCUT2D eigenvalue weighted by atomic mass is 19.1. The zero-order chi connectivity index (χ0) is 50.2. The summed E-state index contributed by atoms with van der Waals surface area (Å²) < 4.78 is 19.9. The topological polar surface area (TPSA) is 148 Å². The van der Waals surface area contributed by atoms with Gasteiger partial charge in [0.15, 0.2) is 0 Å². The van der Waals surface area contributed by atoms with E-state index in [0.717, 1.165) is 115 Å². The van der Waals surface area contributed by atoms with Crippen LogP contribution in [0.2, 0.25) is 0 Å². The van der Waals surface area contributed by atoms with Gasteiger partial charge in [-0.15, -0.1) is 0 Å². The van der Waals surface area contributed by atoms with E-state index in [-0.39, 0.29) is 47.5 Å². The van der Waals surface area contributed by atoms with Crippen molar-refractivity contribution in [3.05, 3.63) is 123 Å². The number of likely N-dealkylation sites (tertiary alicyclic amines) is 1. The van der Waals surface area contributed by atoms with E-state index in [1.54, 1.807) is 35.0 Å². The summed E-state index contributed by atoms with van der Waals surface area (Å²) in [6.45, 7) is 13.6. The maximum atomic E-state index is 16.2. The highest BCUT2D eigenvalue weighted by Crippen LogP contribution is 2.58. The van der Waals surface area contributed by atoms with Crippen molar-refractivity contribution < 1.29 is 23.6 Å². The number of aryl methyl sites for hydroxylation is 2. The van der Waals surface area contributed by atoms with Gasteiger partial charge < -0.3 is 14.8 Å². The highest BCUT2D eigenvalue weighted by molar-refractivity contribution is 6.15. The molecule has 2 aromatic carbocycles. The molecule has 1 unspecified atom stereocenters. The number of rotatable bonds is 11. The Morgan fingerprint density at radius 1 is 0.944 bits per heavy atom. The number of carbonyl (C=O) groups excluding carboxylic acids is 4. The van der Waals surface area contributed by atoms with Gasteiger partial charge in [0.25, 0.3) is 11.5 Å². The summed E-state index contributed by atoms with van der Waals surface area (Å²) in [5.41, 5.74) is 8.48. The molecule has 15 nitrogen and oxygen atoms in total. The predicted octanol–water partition coefficient (Wildman–Crippen LogP) is 6.31. The minimum Gasteiger partial charge on any atom is -0.388 e. The molecule has 6 aliphatic rings. The molecule has 5 aliphatic heterocycles. The lowest BCUT2D eigenvalue weighted by Crippen LogP contribution is -2.54. The van der Waals surface area contributed by atoms with Gasteiger partial charge in [0, 0.05) is 144 Å². The zero-order valence-electron chi connectivity index (χ0n) is 42.0. The quantitative estimate of drug-likeness (QED) is 0.145. The first-order chi connectivity index (χ1) is 34.7. The summed E-state index contributed by atoms with van der Waals surface area (Å²) in [5.74, 6) is -0.663. The van der Waals surface area contributed by atoms with E-state index in [4.69, 9.17) is 0 Å². The van der Waals surface area contributed by atoms with Gasteiger partial charge in [-0.2, -0.15) is 0 Å². The summed E-state index contributed by atoms with van der Waals surface area (Å²) >= 11 is 0. The molecule has 2 N–H and O–H groups in total. The number of halogens is 1. The number of aromatic nitrogens is 3. The van der Waals surface area contributed by atoms with Crippen molar-refractivity contribution in [2.24, 2.45) is 13.0 Å². The third-order valence-corrected chi connectivity index (χ3v) is 16.9. The van der Waals surface area contributed by atoms with Crippen molar-refractivity contribution in [1.82, 2.24) is 39.0 Å². The monoisotopic (exact) mass is 977 g/mol. The Morgan fingerprint density at radius 3 is 2.44 bits per heavy atom. The fourth-order valence-corrected chi connectivity index (χ4v) is 12.5. The third kappa shape index (κ3) is 8.54. The molecular weight excluding hydrogens is 912 g/mol. The first-order valence-electron chi connectivity index (χ1n) is 25.9. The number of fused-ring (bicyclic) bond motifs is 3. The van der Waals surface area contributed by atoms with Crippen molar-refractivity contribution in [1.29, 1.82) is 0 Å². The van der Waals surface area contributed by atoms with Crippen LogP contribution in [-0.2, 0) is 33.4 Å². The zero-order valence-corrected chi connectivity index (χ0v) is 42.0. The first-order valence-corrected chi connectivity index (χ1v) is 25.9. The Hall–Kier alpha value is -6.49. The van der Waals surface area contributed by atoms with E-state index in [2.05, 4.69) is 73.0 Å². The van der Waals surface area contributed by atoms with Crippen LogP contribution in [0.3, 0.4) is 0 Å². The smallest absolute Gasteiger partial charge is 0.257 e. The van der Waals surface area contributed by atoms with Gasteiger partial charge in [0.2, 0.25) is 17.7 Å². The lowest BCUT2D eigenvalue weighted by Gasteiger charge is -2.42. The Bertz CT molecular complexity index is 3090. The van der Waals surface area contributed by atoms with E-state index in [0.29, 0.717) is 55.6 Å². The Balaban J connectivity index is 0.671. The summed E-state index contributed by atoms with van der Waals surface area (Å²) in [4.78, 5) is 81.0. The van der Waals surface area contributed by atoms with Gasteiger partial charge in [-0.05, 0) is 124 Å². The van der Waals surface area contributed by atoms with Crippen LogP contribution in [0.15, 0.2) is 77.9 Å². The molecule has 5 aromatic rings. The number of benzene rings is 2. The molecule has 4 fully saturated rings. The molecule has 72 heavy (non-hydrogen) atoms. The van der Waals surface area contributed by atoms with Crippen LogP contribution in [0, 0.1) is 18.7 Å². The van der Waals surface area contributed by atoms with Crippen LogP contribution in [0.1, 0.15) is 103 Å². The van der Waals surface area contributed by atoms with E-state index in [9.17, 15) is 24.0 Å². The molecule has 0 bridgehead atoms. The lowest BCUT2D eigenvalue weighted by atomic mass is 9.92. The van der Waals surface area contributed by atoms with E-state index >= 15 is 4.39 Å². The van der Waals surface area contributed by atoms with Crippen LogP contribution in [0.25, 0.3) is 22.3 Å². The number of hydrogen-bond donors (Lipinski definition) is 2. The van der Waals surface area contributed by atoms with Crippen LogP contribution in [-0.4, -0.2) is 129 Å². The van der Waals surface area contributed by atoms with Gasteiger partial charge in [-0.25, -0.2) is 9.37 Å². The summed E-state index contributed by atoms with van der Waals surface area (Å²) in [6.07, 6.45) is 10.3. The number of pyridine rings is 2. The number of hydrogen-bond acceptors (Lipinski definition) is 10. The summed E-state index contributed by atoms with van der Waals surface area (Å²) in [7, 11) is 3.80. The minimum absolute atomic E-state index is 0.00543. The average Bonchev–Trinajstić information content (AvgIpc) is 4.07. The molecule has 1 spiro atoms. The Morgan fingerprint density at radius 2 is 1.75 bits per heavy atom. The van der Waals surface area contributed by atoms with E-state index in [1.807, 2.05) is 43.1 Å². The predicted molar refractivity (Wildman–Crippen MR) is 276 cm³/mol. The van der Waals surface area contributed by atoms with Crippen molar-refractivity contribution in [2.45, 2.75) is 95.8 Å². The van der Waals surface area contributed by atoms with Gasteiger partial charge in [0.05, 0.1) is 11.1 Å². The summed E-state index contributed by atoms with van der Waals surface area (Å²) in [6, 6.07) is 16.8. The number of carbonyl (C=O) groups is 4. The highest BCUT2D eigenvalue weighted by Gasteiger charge is 2.61. The maximum absolute atomic E-state index is 16.2. The largest absolute Gasteiger partial charge is 0.388 e. The number of anilines is 2. The summed E-state index contributed by atoms with van der Waals surface area (Å²) in [5, 5.41) is 6.35. The van der Waals surface area contributed by atoms with Gasteiger partial charge in [-0.1, -0.05) is 18.2 Å². The number of amides is 4. The first kappa shape index (κ1) is 47.8. The molecule has 3 aromatic heterocycles. The van der Waals surface area contributed by atoms with Crippen LogP contribution in [0.4, 0.5) is 15.8 Å². The molecule has 16 heteroatoms. The third-order valence-electron chi connectivity index (χ3n) is 16.9. The molecule has 1 saturated carbocycles. The molecule has 0 radical (unpaired) electrons. The van der Waals surface area contributed by atoms with Crippen molar-refractivity contribution in [3.8, 4) is 5.69 Å². The van der Waals surface area contributed by atoms with Crippen LogP contribution >= 0.6 is 0 Å². The Kier molecular flexibility index (Phi) is 12.5. The molecular formula is C56H65FN10O5. The number of piperazine rings is 1. The fourth-order valence-electron chi connectivity index (χ4n) is 12.5. The van der Waals surface area contributed by atoms with Crippen molar-refractivity contribution >= 4 is 51.6 Å². The number of nitrogens with zero attached hydrogens (tertiary/aromatic N) is 8. The van der Waals surface area contributed by atoms with Gasteiger partial charge >= 0.3 is 0 Å². The SMILES string of the molecule is CNc1ccn(-c2ccnc3c2cc([C@H](C)N2CC=C(c4c(C)cc(C(=O)N5CCC(CN6CCN(Cc7ccc8c(c7)C7(CC7)C(=O)N8C7CCC(=O)NC7=O)C[C@@H]6C)CC5)cc4F)CC2)n3C)c(=O)c1. The lowest BCUT2D eigenvalue weighted by molar-refractivity contribution is -0.135. The minimum atomic E-state index is -0.647. The average molecular weight is 977 g/mol. The molecule has 3 saturated heterocycles. The van der Waals surface area contributed by atoms with Gasteiger partial charge in [0.1, 0.15) is 17.5 Å². The van der Waals surface area contributed by atoms with Crippen molar-refractivity contribution in [3.63, 3.8) is 0 Å². The molecule has 376 valence electrons. The normalized spacial score (nSPS) is 22.4. The van der Waals surface area contributed by atoms with Crippen LogP contribution in [0.5, 0.6) is 0 Å². The van der Waals surface area contributed by atoms with Gasteiger partial charge in [-0.3, -0.25) is 53.5 Å². The maximum Gasteiger partial charge on any atom is 0.257 e. The van der Waals surface area contributed by atoms with E-state index < -0.39 is 11.5 Å². The molecule has 1 aliphatic carbocycles. The second kappa shape index (κ2) is 18.8. The van der Waals surface area contributed by atoms with E-state index in [1.165, 1.54) is 11.6 Å².